The second-order valence-electron chi connectivity index (χ2n) is 34.9. The molecule has 0 rings (SSSR count). The number of carbonyl (C=O) groups is 4. The van der Waals surface area contributed by atoms with Gasteiger partial charge in [-0.1, -0.05) is 472 Å². The minimum absolute atomic E-state index is 0.109. The molecule has 4 unspecified atom stereocenters. The van der Waals surface area contributed by atoms with Gasteiger partial charge in [-0.3, -0.25) is 37.3 Å². The molecule has 0 aromatic carbocycles. The van der Waals surface area contributed by atoms with Gasteiger partial charge in [0.1, 0.15) is 19.3 Å². The fraction of sp³-hybridized carbons (Fsp3) is 0.958. The fourth-order valence-corrected chi connectivity index (χ4v) is 16.7. The van der Waals surface area contributed by atoms with Crippen molar-refractivity contribution < 1.29 is 80.2 Å². The number of aliphatic hydroxyl groups excluding tert-OH is 1. The van der Waals surface area contributed by atoms with Crippen molar-refractivity contribution in [1.82, 2.24) is 0 Å². The van der Waals surface area contributed by atoms with Gasteiger partial charge < -0.3 is 33.8 Å². The van der Waals surface area contributed by atoms with Gasteiger partial charge in [0.05, 0.1) is 26.4 Å². The minimum Gasteiger partial charge on any atom is -0.462 e. The molecule has 3 N–H and O–H groups in total. The van der Waals surface area contributed by atoms with Gasteiger partial charge in [-0.2, -0.15) is 0 Å². The first-order chi connectivity index (χ1) is 55.9. The van der Waals surface area contributed by atoms with Gasteiger partial charge in [0.2, 0.25) is 0 Å². The first kappa shape index (κ1) is 113. The Labute approximate surface area is 708 Å². The van der Waals surface area contributed by atoms with Crippen molar-refractivity contribution in [3.8, 4) is 0 Å². The van der Waals surface area contributed by atoms with Crippen molar-refractivity contribution in [3.05, 3.63) is 0 Å². The van der Waals surface area contributed by atoms with Crippen molar-refractivity contribution in [2.24, 2.45) is 11.8 Å². The van der Waals surface area contributed by atoms with E-state index in [-0.39, 0.29) is 25.7 Å². The SMILES string of the molecule is CCCCCCCCCCCCCCCCCCCCCCCCC(=O)OC[C@H](COP(=O)(O)OC[C@@H](O)COP(=O)(O)OC[C@@H](COC(=O)CCCCCCCCCCCCCCC)OC(=O)CCCCCCCCCCCCCCCCC(C)CC)OC(=O)CCCCCCCCCCCCCCCCCCCCC(C)CC. The molecule has 0 bridgehead atoms. The number of unbranched alkanes of at least 4 members (excludes halogenated alkanes) is 63. The number of phosphoric ester groups is 2. The van der Waals surface area contributed by atoms with E-state index in [0.717, 1.165) is 102 Å². The smallest absolute Gasteiger partial charge is 0.462 e. The summed E-state index contributed by atoms with van der Waals surface area (Å²) in [5, 5.41) is 10.7. The van der Waals surface area contributed by atoms with Crippen LogP contribution in [-0.4, -0.2) is 96.7 Å². The van der Waals surface area contributed by atoms with E-state index in [2.05, 4.69) is 41.5 Å². The Morgan fingerprint density at radius 2 is 0.417 bits per heavy atom. The lowest BCUT2D eigenvalue weighted by Gasteiger charge is -2.21. The van der Waals surface area contributed by atoms with Crippen LogP contribution < -0.4 is 0 Å². The third-order valence-corrected chi connectivity index (χ3v) is 25.3. The molecule has 115 heavy (non-hydrogen) atoms. The van der Waals surface area contributed by atoms with Crippen LogP contribution >= 0.6 is 15.6 Å². The van der Waals surface area contributed by atoms with E-state index in [1.54, 1.807) is 0 Å². The van der Waals surface area contributed by atoms with E-state index in [9.17, 15) is 43.2 Å². The van der Waals surface area contributed by atoms with Crippen LogP contribution in [0, 0.1) is 11.8 Å². The Morgan fingerprint density at radius 3 is 0.617 bits per heavy atom. The fourth-order valence-electron chi connectivity index (χ4n) is 15.1. The molecule has 0 fully saturated rings. The summed E-state index contributed by atoms with van der Waals surface area (Å²) in [7, 11) is -9.94. The van der Waals surface area contributed by atoms with Crippen LogP contribution in [0.3, 0.4) is 0 Å². The third-order valence-electron chi connectivity index (χ3n) is 23.4. The maximum absolute atomic E-state index is 13.2. The van der Waals surface area contributed by atoms with E-state index < -0.39 is 97.5 Å². The summed E-state index contributed by atoms with van der Waals surface area (Å²) in [5.41, 5.74) is 0. The lowest BCUT2D eigenvalue weighted by atomic mass is 9.99. The summed E-state index contributed by atoms with van der Waals surface area (Å²) in [6, 6.07) is 0. The molecular formula is C96H188O17P2. The molecular weight excluding hydrogens is 1490 g/mol. The lowest BCUT2D eigenvalue weighted by molar-refractivity contribution is -0.161. The number of hydrogen-bond donors (Lipinski definition) is 3. The highest BCUT2D eigenvalue weighted by Crippen LogP contribution is 2.45. The van der Waals surface area contributed by atoms with Crippen molar-refractivity contribution >= 4 is 39.5 Å². The second kappa shape index (κ2) is 87.0. The largest absolute Gasteiger partial charge is 0.472 e. The van der Waals surface area contributed by atoms with Crippen LogP contribution in [0.5, 0.6) is 0 Å². The van der Waals surface area contributed by atoms with Crippen molar-refractivity contribution in [1.29, 1.82) is 0 Å². The number of ether oxygens (including phenoxy) is 4. The molecule has 0 saturated carbocycles. The quantitative estimate of drug-likeness (QED) is 0.0222. The molecule has 19 heteroatoms. The Bertz CT molecular complexity index is 2190. The predicted octanol–water partition coefficient (Wildman–Crippen LogP) is 30.1. The number of hydrogen-bond acceptors (Lipinski definition) is 15. The van der Waals surface area contributed by atoms with Gasteiger partial charge in [-0.25, -0.2) is 9.13 Å². The second-order valence-corrected chi connectivity index (χ2v) is 37.9. The number of aliphatic hydroxyl groups is 1. The van der Waals surface area contributed by atoms with Gasteiger partial charge in [0.15, 0.2) is 12.2 Å². The van der Waals surface area contributed by atoms with Gasteiger partial charge in [-0.15, -0.1) is 0 Å². The average molecular weight is 1680 g/mol. The third kappa shape index (κ3) is 86.8. The Morgan fingerprint density at radius 1 is 0.243 bits per heavy atom. The Hall–Kier alpha value is -1.94. The number of carbonyl (C=O) groups excluding carboxylic acids is 4. The van der Waals surface area contributed by atoms with Crippen molar-refractivity contribution in [2.75, 3.05) is 39.6 Å². The molecule has 0 spiro atoms. The Kier molecular flexibility index (Phi) is 85.5. The molecule has 0 aliphatic heterocycles. The number of phosphoric acid groups is 2. The molecule has 0 aromatic heterocycles. The highest BCUT2D eigenvalue weighted by Gasteiger charge is 2.31. The zero-order chi connectivity index (χ0) is 84.1. The zero-order valence-corrected chi connectivity index (χ0v) is 77.9. The highest BCUT2D eigenvalue weighted by molar-refractivity contribution is 7.47. The summed E-state index contributed by atoms with van der Waals surface area (Å²) in [6.07, 6.45) is 83.3. The maximum atomic E-state index is 13.2. The van der Waals surface area contributed by atoms with E-state index in [0.29, 0.717) is 25.7 Å². The van der Waals surface area contributed by atoms with Crippen LogP contribution in [0.1, 0.15) is 523 Å². The number of esters is 4. The summed E-state index contributed by atoms with van der Waals surface area (Å²) in [4.78, 5) is 73.6. The number of rotatable bonds is 95. The normalized spacial score (nSPS) is 14.1. The van der Waals surface area contributed by atoms with E-state index in [1.165, 1.54) is 340 Å². The molecule has 17 nitrogen and oxygen atoms in total. The monoisotopic (exact) mass is 1680 g/mol. The minimum atomic E-state index is -4.97. The maximum Gasteiger partial charge on any atom is 0.472 e. The van der Waals surface area contributed by atoms with Gasteiger partial charge in [-0.05, 0) is 37.5 Å². The summed E-state index contributed by atoms with van der Waals surface area (Å²) < 4.78 is 69.2. The van der Waals surface area contributed by atoms with Crippen molar-refractivity contribution in [2.45, 2.75) is 541 Å². The van der Waals surface area contributed by atoms with Crippen LogP contribution in [0.4, 0.5) is 0 Å². The topological polar surface area (TPSA) is 237 Å². The first-order valence-corrected chi connectivity index (χ1v) is 52.6. The van der Waals surface area contributed by atoms with E-state index >= 15 is 0 Å². The van der Waals surface area contributed by atoms with Gasteiger partial charge in [0, 0.05) is 25.7 Å². The predicted molar refractivity (Wildman–Crippen MR) is 478 cm³/mol. The molecule has 684 valence electrons. The van der Waals surface area contributed by atoms with E-state index in [4.69, 9.17) is 37.0 Å². The lowest BCUT2D eigenvalue weighted by Crippen LogP contribution is -2.30. The standard InChI is InChI=1S/C96H188O17P2/c1-7-11-13-15-17-19-21-23-24-25-26-27-28-29-33-36-43-49-55-61-67-73-79-94(99)107-85-92(112-95(100)80-74-68-62-56-50-44-37-34-31-30-32-35-41-46-52-58-64-70-76-88(5)9-3)87-111-115(104,105)109-83-90(97)82-108-114(102,103)110-86-91(84-106-93(98)78-72-66-60-54-48-40-22-20-18-16-14-12-8-2)113-96(101)81-75-69-63-57-51-45-39-38-42-47-53-59-65-71-77-89(6)10-4/h88-92,97H,7-87H2,1-6H3,(H,102,103)(H,104,105)/t88?,89?,90-,91+,92+/m0/s1. The highest BCUT2D eigenvalue weighted by atomic mass is 31.2. The molecule has 0 aromatic rings. The zero-order valence-electron chi connectivity index (χ0n) is 76.1. The van der Waals surface area contributed by atoms with Crippen LogP contribution in [0.25, 0.3) is 0 Å². The first-order valence-electron chi connectivity index (χ1n) is 49.6. The molecule has 0 aliphatic rings. The molecule has 0 amide bonds. The van der Waals surface area contributed by atoms with Crippen LogP contribution in [0.2, 0.25) is 0 Å². The Balaban J connectivity index is 5.25. The summed E-state index contributed by atoms with van der Waals surface area (Å²) in [6.45, 7) is 9.86. The molecule has 0 radical (unpaired) electrons. The van der Waals surface area contributed by atoms with Crippen LogP contribution in [0.15, 0.2) is 0 Å². The molecule has 7 atom stereocenters. The summed E-state index contributed by atoms with van der Waals surface area (Å²) >= 11 is 0. The van der Waals surface area contributed by atoms with E-state index in [1.807, 2.05) is 0 Å². The van der Waals surface area contributed by atoms with Gasteiger partial charge >= 0.3 is 39.5 Å². The summed E-state index contributed by atoms with van der Waals surface area (Å²) in [5.74, 6) is -0.372. The average Bonchev–Trinajstić information content (AvgIpc) is 0.900. The molecule has 0 saturated heterocycles. The van der Waals surface area contributed by atoms with Crippen molar-refractivity contribution in [3.63, 3.8) is 0 Å². The molecule has 0 aliphatic carbocycles. The van der Waals surface area contributed by atoms with Gasteiger partial charge in [0.25, 0.3) is 0 Å². The molecule has 0 heterocycles. The van der Waals surface area contributed by atoms with Crippen LogP contribution in [-0.2, 0) is 65.4 Å².